The molecule has 0 unspecified atom stereocenters. The minimum atomic E-state index is -0.804. The molecule has 4 heteroatoms. The van der Waals surface area contributed by atoms with E-state index in [1.165, 1.54) is 38.5 Å². The number of nitrogens with one attached hydrogen (secondary N) is 1. The number of hydrogen-bond acceptors (Lipinski definition) is 2. The van der Waals surface area contributed by atoms with Crippen LogP contribution in [0, 0.1) is 5.92 Å². The fraction of sp³-hybridized carbons (Fsp3) is 0.857. The molecule has 1 amide bonds. The highest BCUT2D eigenvalue weighted by molar-refractivity contribution is 5.75. The van der Waals surface area contributed by atoms with Crippen LogP contribution in [-0.4, -0.2) is 23.5 Å². The highest BCUT2D eigenvalue weighted by atomic mass is 16.4. The van der Waals surface area contributed by atoms with Crippen LogP contribution in [0.15, 0.2) is 0 Å². The number of hydrogen-bond donors (Lipinski definition) is 2. The Hall–Kier alpha value is -1.06. The van der Waals surface area contributed by atoms with Gasteiger partial charge in [-0.25, -0.2) is 0 Å². The summed E-state index contributed by atoms with van der Waals surface area (Å²) in [5.41, 5.74) is 0. The number of carboxylic acids is 1. The van der Waals surface area contributed by atoms with Crippen molar-refractivity contribution in [1.29, 1.82) is 0 Å². The van der Waals surface area contributed by atoms with Gasteiger partial charge >= 0.3 is 5.97 Å². The smallest absolute Gasteiger partial charge is 0.303 e. The third kappa shape index (κ3) is 7.30. The maximum atomic E-state index is 11.5. The second kappa shape index (κ2) is 8.95. The van der Waals surface area contributed by atoms with Crippen LogP contribution in [0.5, 0.6) is 0 Å². The van der Waals surface area contributed by atoms with Crippen molar-refractivity contribution >= 4 is 11.9 Å². The van der Waals surface area contributed by atoms with Gasteiger partial charge in [0.1, 0.15) is 0 Å². The molecule has 0 spiro atoms. The van der Waals surface area contributed by atoms with E-state index in [4.69, 9.17) is 5.11 Å². The molecule has 0 aromatic heterocycles. The van der Waals surface area contributed by atoms with E-state index >= 15 is 0 Å². The molecule has 0 saturated heterocycles. The predicted molar refractivity (Wildman–Crippen MR) is 70.3 cm³/mol. The number of carboxylic acid groups (broad SMARTS) is 1. The van der Waals surface area contributed by atoms with Crippen molar-refractivity contribution in [3.8, 4) is 0 Å². The number of carbonyl (C=O) groups excluding carboxylic acids is 1. The second-order valence-electron chi connectivity index (χ2n) is 5.24. The predicted octanol–water partition coefficient (Wildman–Crippen LogP) is 2.72. The van der Waals surface area contributed by atoms with E-state index in [1.54, 1.807) is 0 Å². The maximum absolute atomic E-state index is 11.5. The summed E-state index contributed by atoms with van der Waals surface area (Å²) < 4.78 is 0. The van der Waals surface area contributed by atoms with E-state index in [-0.39, 0.29) is 12.3 Å². The van der Waals surface area contributed by atoms with Gasteiger partial charge in [0.05, 0.1) is 0 Å². The van der Waals surface area contributed by atoms with E-state index in [1.807, 2.05) is 0 Å². The van der Waals surface area contributed by atoms with Gasteiger partial charge in [0.25, 0.3) is 0 Å². The summed E-state index contributed by atoms with van der Waals surface area (Å²) in [6.07, 6.45) is 10.1. The number of rotatable bonds is 8. The topological polar surface area (TPSA) is 66.4 Å². The summed E-state index contributed by atoms with van der Waals surface area (Å²) in [6.45, 7) is 0.481. The van der Waals surface area contributed by atoms with Crippen LogP contribution in [0.25, 0.3) is 0 Å². The van der Waals surface area contributed by atoms with Crippen LogP contribution in [0.3, 0.4) is 0 Å². The lowest BCUT2D eigenvalue weighted by molar-refractivity contribution is -0.137. The number of aliphatic carboxylic acids is 1. The van der Waals surface area contributed by atoms with Crippen molar-refractivity contribution in [1.82, 2.24) is 5.32 Å². The average Bonchev–Trinajstić information content (AvgIpc) is 2.36. The molecule has 1 aliphatic rings. The lowest BCUT2D eigenvalue weighted by Crippen LogP contribution is -2.24. The first-order chi connectivity index (χ1) is 8.68. The lowest BCUT2D eigenvalue weighted by Gasteiger charge is -2.21. The molecule has 0 aromatic carbocycles. The standard InChI is InChI=1S/C14H25NO3/c16-13(15-11-5-10-14(17)18)9-4-8-12-6-2-1-3-7-12/h12H,1-11H2,(H,15,16)(H,17,18). The second-order valence-corrected chi connectivity index (χ2v) is 5.24. The Morgan fingerprint density at radius 3 is 2.44 bits per heavy atom. The van der Waals surface area contributed by atoms with Crippen molar-refractivity contribution < 1.29 is 14.7 Å². The molecule has 104 valence electrons. The first-order valence-corrected chi connectivity index (χ1v) is 7.17. The highest BCUT2D eigenvalue weighted by Gasteiger charge is 2.13. The Balaban J connectivity index is 1.94. The third-order valence-corrected chi connectivity index (χ3v) is 3.63. The third-order valence-electron chi connectivity index (χ3n) is 3.63. The molecule has 0 aromatic rings. The zero-order valence-corrected chi connectivity index (χ0v) is 11.1. The summed E-state index contributed by atoms with van der Waals surface area (Å²) >= 11 is 0. The van der Waals surface area contributed by atoms with Crippen molar-refractivity contribution in [2.24, 2.45) is 5.92 Å². The molecule has 0 aliphatic heterocycles. The van der Waals surface area contributed by atoms with Gasteiger partial charge in [-0.1, -0.05) is 32.1 Å². The largest absolute Gasteiger partial charge is 0.481 e. The van der Waals surface area contributed by atoms with Crippen molar-refractivity contribution in [2.75, 3.05) is 6.54 Å². The Bertz CT molecular complexity index is 260. The Morgan fingerprint density at radius 2 is 1.78 bits per heavy atom. The van der Waals surface area contributed by atoms with E-state index in [9.17, 15) is 9.59 Å². The SMILES string of the molecule is O=C(O)CCCNC(=O)CCCC1CCCCC1. The van der Waals surface area contributed by atoms with Gasteiger partial charge in [-0.05, 0) is 25.2 Å². The first-order valence-electron chi connectivity index (χ1n) is 7.17. The van der Waals surface area contributed by atoms with E-state index in [0.717, 1.165) is 12.3 Å². The molecule has 4 nitrogen and oxygen atoms in total. The Labute approximate surface area is 109 Å². The molecule has 1 rings (SSSR count). The van der Waals surface area contributed by atoms with Crippen LogP contribution in [0.2, 0.25) is 0 Å². The Kier molecular flexibility index (Phi) is 7.46. The summed E-state index contributed by atoms with van der Waals surface area (Å²) in [5, 5.41) is 11.2. The minimum absolute atomic E-state index is 0.0659. The van der Waals surface area contributed by atoms with Crippen molar-refractivity contribution in [3.05, 3.63) is 0 Å². The van der Waals surface area contributed by atoms with Crippen LogP contribution in [0.1, 0.15) is 64.2 Å². The molecule has 0 atom stereocenters. The maximum Gasteiger partial charge on any atom is 0.303 e. The molecule has 1 saturated carbocycles. The first kappa shape index (κ1) is 15.0. The van der Waals surface area contributed by atoms with Gasteiger partial charge in [0.15, 0.2) is 0 Å². The number of amides is 1. The van der Waals surface area contributed by atoms with Crippen LogP contribution in [-0.2, 0) is 9.59 Å². The van der Waals surface area contributed by atoms with Gasteiger partial charge in [-0.15, -0.1) is 0 Å². The van der Waals surface area contributed by atoms with Crippen LogP contribution in [0.4, 0.5) is 0 Å². The molecule has 2 N–H and O–H groups in total. The summed E-state index contributed by atoms with van der Waals surface area (Å²) in [4.78, 5) is 21.7. The zero-order chi connectivity index (χ0) is 13.2. The Morgan fingerprint density at radius 1 is 1.06 bits per heavy atom. The molecule has 0 bridgehead atoms. The molecule has 1 aliphatic carbocycles. The highest BCUT2D eigenvalue weighted by Crippen LogP contribution is 2.27. The molecule has 1 fully saturated rings. The summed E-state index contributed by atoms with van der Waals surface area (Å²) in [7, 11) is 0. The van der Waals surface area contributed by atoms with Crippen LogP contribution >= 0.6 is 0 Å². The molecular formula is C14H25NO3. The minimum Gasteiger partial charge on any atom is -0.481 e. The van der Waals surface area contributed by atoms with Gasteiger partial charge < -0.3 is 10.4 Å². The van der Waals surface area contributed by atoms with E-state index < -0.39 is 5.97 Å². The molecule has 0 radical (unpaired) electrons. The summed E-state index contributed by atoms with van der Waals surface area (Å²) in [6, 6.07) is 0. The fourth-order valence-corrected chi connectivity index (χ4v) is 2.58. The van der Waals surface area contributed by atoms with Gasteiger partial charge in [0.2, 0.25) is 5.91 Å². The average molecular weight is 255 g/mol. The van der Waals surface area contributed by atoms with Gasteiger partial charge in [0, 0.05) is 19.4 Å². The lowest BCUT2D eigenvalue weighted by atomic mass is 9.86. The van der Waals surface area contributed by atoms with Crippen molar-refractivity contribution in [3.63, 3.8) is 0 Å². The number of carbonyl (C=O) groups is 2. The molecule has 0 heterocycles. The molecule has 18 heavy (non-hydrogen) atoms. The fourth-order valence-electron chi connectivity index (χ4n) is 2.58. The van der Waals surface area contributed by atoms with Gasteiger partial charge in [-0.3, -0.25) is 9.59 Å². The molecular weight excluding hydrogens is 230 g/mol. The summed E-state index contributed by atoms with van der Waals surface area (Å²) in [5.74, 6) is 0.0938. The zero-order valence-electron chi connectivity index (χ0n) is 11.1. The van der Waals surface area contributed by atoms with Crippen molar-refractivity contribution in [2.45, 2.75) is 64.2 Å². The quantitative estimate of drug-likeness (QED) is 0.655. The van der Waals surface area contributed by atoms with E-state index in [2.05, 4.69) is 5.32 Å². The van der Waals surface area contributed by atoms with Gasteiger partial charge in [-0.2, -0.15) is 0 Å². The normalized spacial score (nSPS) is 16.4. The van der Waals surface area contributed by atoms with E-state index in [0.29, 0.717) is 19.4 Å². The monoisotopic (exact) mass is 255 g/mol. The van der Waals surface area contributed by atoms with Crippen LogP contribution < -0.4 is 5.32 Å².